The lowest BCUT2D eigenvalue weighted by Gasteiger charge is -2.17. The summed E-state index contributed by atoms with van der Waals surface area (Å²) in [6.07, 6.45) is 0.205. The van der Waals surface area contributed by atoms with E-state index in [0.717, 1.165) is 32.4 Å². The summed E-state index contributed by atoms with van der Waals surface area (Å²) < 4.78 is 6.17. The predicted molar refractivity (Wildman–Crippen MR) is 114 cm³/mol. The summed E-state index contributed by atoms with van der Waals surface area (Å²) in [4.78, 5) is 26.8. The average molecular weight is 439 g/mol. The molecule has 0 saturated carbocycles. The molecule has 0 aliphatic carbocycles. The maximum atomic E-state index is 12.7. The quantitative estimate of drug-likeness (QED) is 0.647. The van der Waals surface area contributed by atoms with Gasteiger partial charge in [-0.25, -0.2) is 0 Å². The first-order valence-electron chi connectivity index (χ1n) is 8.99. The summed E-state index contributed by atoms with van der Waals surface area (Å²) in [7, 11) is 1.60. The van der Waals surface area contributed by atoms with E-state index in [-0.39, 0.29) is 24.2 Å². The van der Waals surface area contributed by atoms with E-state index >= 15 is 0 Å². The van der Waals surface area contributed by atoms with Crippen molar-refractivity contribution in [3.05, 3.63) is 65.1 Å². The van der Waals surface area contributed by atoms with E-state index in [1.54, 1.807) is 12.0 Å². The van der Waals surface area contributed by atoms with Crippen molar-refractivity contribution < 1.29 is 14.3 Å². The van der Waals surface area contributed by atoms with E-state index in [1.165, 1.54) is 0 Å². The standard InChI is InChI=1S/C22H19BrN2O3/c1-28-18-8-6-17(7-9-18)25-13-15(12-21(25)26)22(27)24-16-5-10-19-14(11-16)3-2-4-20(19)23/h2-11,15H,12-13H2,1H3,(H,24,27). The summed E-state index contributed by atoms with van der Waals surface area (Å²) in [5.74, 6) is 0.159. The van der Waals surface area contributed by atoms with Crippen LogP contribution in [0.4, 0.5) is 11.4 Å². The predicted octanol–water partition coefficient (Wildman–Crippen LogP) is 4.60. The number of nitrogens with one attached hydrogen (secondary N) is 1. The highest BCUT2D eigenvalue weighted by atomic mass is 79.9. The highest BCUT2D eigenvalue weighted by Gasteiger charge is 2.35. The van der Waals surface area contributed by atoms with E-state index in [1.807, 2.05) is 60.7 Å². The van der Waals surface area contributed by atoms with Gasteiger partial charge in [-0.1, -0.05) is 34.1 Å². The third kappa shape index (κ3) is 3.60. The molecule has 28 heavy (non-hydrogen) atoms. The highest BCUT2D eigenvalue weighted by Crippen LogP contribution is 2.29. The van der Waals surface area contributed by atoms with E-state index < -0.39 is 0 Å². The minimum absolute atomic E-state index is 0.0484. The number of nitrogens with zero attached hydrogens (tertiary/aromatic N) is 1. The summed E-state index contributed by atoms with van der Waals surface area (Å²) in [5.41, 5.74) is 1.50. The van der Waals surface area contributed by atoms with Gasteiger partial charge in [0.1, 0.15) is 5.75 Å². The van der Waals surface area contributed by atoms with Crippen molar-refractivity contribution in [1.29, 1.82) is 0 Å². The zero-order valence-electron chi connectivity index (χ0n) is 15.3. The van der Waals surface area contributed by atoms with Crippen LogP contribution in [0.1, 0.15) is 6.42 Å². The Morgan fingerprint density at radius 1 is 1.14 bits per heavy atom. The molecule has 1 fully saturated rings. The first-order chi connectivity index (χ1) is 13.5. The lowest BCUT2D eigenvalue weighted by Crippen LogP contribution is -2.28. The molecule has 1 saturated heterocycles. The molecule has 1 unspecified atom stereocenters. The summed E-state index contributed by atoms with van der Waals surface area (Å²) in [5, 5.41) is 5.08. The highest BCUT2D eigenvalue weighted by molar-refractivity contribution is 9.10. The fourth-order valence-corrected chi connectivity index (χ4v) is 3.97. The summed E-state index contributed by atoms with van der Waals surface area (Å²) in [6.45, 7) is 0.371. The Kier molecular flexibility index (Phi) is 5.05. The number of methoxy groups -OCH3 is 1. The number of hydrogen-bond acceptors (Lipinski definition) is 3. The van der Waals surface area contributed by atoms with Crippen molar-refractivity contribution in [2.45, 2.75) is 6.42 Å². The molecule has 0 aromatic heterocycles. The number of anilines is 2. The molecule has 1 N–H and O–H groups in total. The topological polar surface area (TPSA) is 58.6 Å². The SMILES string of the molecule is COc1ccc(N2CC(C(=O)Nc3ccc4c(Br)cccc4c3)CC2=O)cc1. The van der Waals surface area contributed by atoms with Crippen LogP contribution in [0.25, 0.3) is 10.8 Å². The molecular weight excluding hydrogens is 420 g/mol. The van der Waals surface area contributed by atoms with E-state index in [9.17, 15) is 9.59 Å². The summed E-state index contributed by atoms with van der Waals surface area (Å²) >= 11 is 3.53. The number of halogens is 1. The average Bonchev–Trinajstić information content (AvgIpc) is 3.10. The lowest BCUT2D eigenvalue weighted by molar-refractivity contribution is -0.122. The Bertz CT molecular complexity index is 1050. The molecule has 4 rings (SSSR count). The summed E-state index contributed by atoms with van der Waals surface area (Å²) in [6, 6.07) is 19.0. The van der Waals surface area contributed by atoms with Gasteiger partial charge in [0.05, 0.1) is 13.0 Å². The van der Waals surface area contributed by atoms with Gasteiger partial charge in [-0.2, -0.15) is 0 Å². The van der Waals surface area contributed by atoms with Gasteiger partial charge in [0.15, 0.2) is 0 Å². The van der Waals surface area contributed by atoms with Crippen molar-refractivity contribution in [2.24, 2.45) is 5.92 Å². The number of fused-ring (bicyclic) bond motifs is 1. The molecular formula is C22H19BrN2O3. The van der Waals surface area contributed by atoms with Crippen LogP contribution in [0.15, 0.2) is 65.1 Å². The number of amides is 2. The Labute approximate surface area is 171 Å². The molecule has 3 aromatic rings. The fraction of sp³-hybridized carbons (Fsp3) is 0.182. The Balaban J connectivity index is 1.47. The zero-order chi connectivity index (χ0) is 19.7. The van der Waals surface area contributed by atoms with Gasteiger partial charge < -0.3 is 15.0 Å². The molecule has 0 radical (unpaired) electrons. The maximum absolute atomic E-state index is 12.7. The first kappa shape index (κ1) is 18.5. The van der Waals surface area contributed by atoms with Crippen LogP contribution in [0.5, 0.6) is 5.75 Å². The second-order valence-corrected chi connectivity index (χ2v) is 7.62. The molecule has 3 aromatic carbocycles. The second kappa shape index (κ2) is 7.64. The normalized spacial score (nSPS) is 16.4. The molecule has 1 atom stereocenters. The van der Waals surface area contributed by atoms with Crippen LogP contribution >= 0.6 is 15.9 Å². The van der Waals surface area contributed by atoms with Crippen LogP contribution in [0, 0.1) is 5.92 Å². The number of carbonyl (C=O) groups excluding carboxylic acids is 2. The third-order valence-electron chi connectivity index (χ3n) is 4.97. The molecule has 0 bridgehead atoms. The molecule has 2 amide bonds. The molecule has 5 nitrogen and oxygen atoms in total. The molecule has 142 valence electrons. The van der Waals surface area contributed by atoms with Gasteiger partial charge in [-0.3, -0.25) is 9.59 Å². The van der Waals surface area contributed by atoms with Gasteiger partial charge in [-0.15, -0.1) is 0 Å². The molecule has 1 aliphatic heterocycles. The van der Waals surface area contributed by atoms with Gasteiger partial charge in [0, 0.05) is 28.8 Å². The van der Waals surface area contributed by atoms with E-state index in [0.29, 0.717) is 6.54 Å². The molecule has 0 spiro atoms. The van der Waals surface area contributed by atoms with Crippen molar-refractivity contribution in [2.75, 3.05) is 23.9 Å². The smallest absolute Gasteiger partial charge is 0.229 e. The number of ether oxygens (including phenoxy) is 1. The zero-order valence-corrected chi connectivity index (χ0v) is 16.9. The van der Waals surface area contributed by atoms with Crippen LogP contribution in [-0.4, -0.2) is 25.5 Å². The van der Waals surface area contributed by atoms with Gasteiger partial charge in [0.2, 0.25) is 11.8 Å². The minimum Gasteiger partial charge on any atom is -0.497 e. The van der Waals surface area contributed by atoms with Crippen LogP contribution < -0.4 is 15.0 Å². The van der Waals surface area contributed by atoms with Gasteiger partial charge in [0.25, 0.3) is 0 Å². The van der Waals surface area contributed by atoms with Crippen molar-refractivity contribution in [3.63, 3.8) is 0 Å². The largest absolute Gasteiger partial charge is 0.497 e. The lowest BCUT2D eigenvalue weighted by atomic mass is 10.1. The van der Waals surface area contributed by atoms with Crippen LogP contribution in [0.3, 0.4) is 0 Å². The maximum Gasteiger partial charge on any atom is 0.229 e. The van der Waals surface area contributed by atoms with Crippen molar-refractivity contribution >= 4 is 49.9 Å². The Morgan fingerprint density at radius 2 is 1.93 bits per heavy atom. The Morgan fingerprint density at radius 3 is 2.68 bits per heavy atom. The van der Waals surface area contributed by atoms with Crippen LogP contribution in [-0.2, 0) is 9.59 Å². The number of carbonyl (C=O) groups is 2. The molecule has 6 heteroatoms. The second-order valence-electron chi connectivity index (χ2n) is 6.77. The molecule has 1 heterocycles. The number of rotatable bonds is 4. The third-order valence-corrected chi connectivity index (χ3v) is 5.67. The van der Waals surface area contributed by atoms with Crippen molar-refractivity contribution in [3.8, 4) is 5.75 Å². The number of benzene rings is 3. The Hall–Kier alpha value is -2.86. The van der Waals surface area contributed by atoms with Gasteiger partial charge >= 0.3 is 0 Å². The van der Waals surface area contributed by atoms with Gasteiger partial charge in [-0.05, 0) is 53.2 Å². The van der Waals surface area contributed by atoms with Crippen LogP contribution in [0.2, 0.25) is 0 Å². The van der Waals surface area contributed by atoms with Crippen molar-refractivity contribution in [1.82, 2.24) is 0 Å². The van der Waals surface area contributed by atoms with E-state index in [2.05, 4.69) is 21.2 Å². The number of hydrogen-bond donors (Lipinski definition) is 1. The first-order valence-corrected chi connectivity index (χ1v) is 9.78. The monoisotopic (exact) mass is 438 g/mol. The fourth-order valence-electron chi connectivity index (χ4n) is 3.46. The minimum atomic E-state index is -0.382. The molecule has 1 aliphatic rings. The van der Waals surface area contributed by atoms with E-state index in [4.69, 9.17) is 4.74 Å².